The highest BCUT2D eigenvalue weighted by molar-refractivity contribution is 6.24. The Morgan fingerprint density at radius 1 is 0.850 bits per heavy atom. The Morgan fingerprint density at radius 2 is 1.65 bits per heavy atom. The van der Waals surface area contributed by atoms with E-state index in [1.165, 1.54) is 5.56 Å². The van der Waals surface area contributed by atoms with Gasteiger partial charge >= 0.3 is 0 Å². The lowest BCUT2D eigenvalue weighted by atomic mass is 9.88. The van der Waals surface area contributed by atoms with Gasteiger partial charge in [0.15, 0.2) is 0 Å². The fourth-order valence-electron chi connectivity index (χ4n) is 8.80. The molecule has 12 heteroatoms. The Labute approximate surface area is 352 Å². The fraction of sp³-hybridized carbons (Fsp3) is 0.438. The number of fused-ring (bicyclic) bond motifs is 1. The highest BCUT2D eigenvalue weighted by Gasteiger charge is 2.45. The zero-order chi connectivity index (χ0) is 41.8. The van der Waals surface area contributed by atoms with Crippen molar-refractivity contribution in [3.63, 3.8) is 0 Å². The first-order valence-corrected chi connectivity index (χ1v) is 21.6. The van der Waals surface area contributed by atoms with E-state index in [1.54, 1.807) is 42.7 Å². The van der Waals surface area contributed by atoms with Crippen LogP contribution in [0.15, 0.2) is 73.1 Å². The van der Waals surface area contributed by atoms with Crippen LogP contribution in [0, 0.1) is 17.8 Å². The van der Waals surface area contributed by atoms with Crippen molar-refractivity contribution in [2.45, 2.75) is 89.0 Å². The van der Waals surface area contributed by atoms with E-state index in [0.717, 1.165) is 107 Å². The molecule has 2 N–H and O–H groups in total. The molecular weight excluding hydrogens is 757 g/mol. The molecule has 3 aromatic rings. The highest BCUT2D eigenvalue weighted by atomic mass is 16.2. The lowest BCUT2D eigenvalue weighted by molar-refractivity contribution is -0.136. The number of amides is 6. The Hall–Kier alpha value is -5.93. The van der Waals surface area contributed by atoms with E-state index < -0.39 is 29.7 Å². The number of nitrogens with one attached hydrogen (secondary N) is 2. The maximum absolute atomic E-state index is 13.3. The Balaban J connectivity index is 0.763. The van der Waals surface area contributed by atoms with Crippen LogP contribution in [0.2, 0.25) is 0 Å². The molecule has 6 amide bonds. The summed E-state index contributed by atoms with van der Waals surface area (Å²) in [5, 5.41) is 5.19. The largest absolute Gasteiger partial charge is 0.353 e. The van der Waals surface area contributed by atoms with E-state index in [0.29, 0.717) is 30.4 Å². The first-order chi connectivity index (χ1) is 29.2. The molecule has 5 heterocycles. The maximum atomic E-state index is 13.3. The second-order valence-corrected chi connectivity index (χ2v) is 16.3. The third-order valence-electron chi connectivity index (χ3n) is 12.3. The molecule has 0 radical (unpaired) electrons. The molecule has 0 aliphatic carbocycles. The molecule has 1 aromatic heterocycles. The predicted octanol–water partition coefficient (Wildman–Crippen LogP) is 5.74. The topological polar surface area (TPSA) is 149 Å². The van der Waals surface area contributed by atoms with Gasteiger partial charge in [-0.15, -0.1) is 0 Å². The summed E-state index contributed by atoms with van der Waals surface area (Å²) in [5.74, 6) is 5.31. The number of nitrogens with zero attached hydrogens (tertiary/aromatic N) is 4. The number of imide groups is 2. The SMILES string of the molecule is O=C(/C=C/c1cccnc1)NCCCCC1CCN(C(=O)c2ccc(C3CCN(CCCCC#Cc4cccc5c4C(=O)N(C4CCC(=O)NC4=O)C5=O)CC3)cc2)CC1. The minimum atomic E-state index is -0.998. The number of likely N-dealkylation sites (tertiary alicyclic amines) is 2. The van der Waals surface area contributed by atoms with Crippen LogP contribution in [-0.2, 0) is 14.4 Å². The second-order valence-electron chi connectivity index (χ2n) is 16.3. The molecule has 3 saturated heterocycles. The maximum Gasteiger partial charge on any atom is 0.263 e. The van der Waals surface area contributed by atoms with Crippen molar-refractivity contribution in [3.8, 4) is 11.8 Å². The summed E-state index contributed by atoms with van der Waals surface area (Å²) in [6.45, 7) is 5.29. The van der Waals surface area contributed by atoms with Crippen LogP contribution in [-0.4, -0.2) is 100 Å². The average molecular weight is 811 g/mol. The molecule has 0 saturated carbocycles. The van der Waals surface area contributed by atoms with Crippen LogP contribution in [0.4, 0.5) is 0 Å². The lowest BCUT2D eigenvalue weighted by Crippen LogP contribution is -2.54. The third-order valence-corrected chi connectivity index (χ3v) is 12.3. The number of carbonyl (C=O) groups is 6. The van der Waals surface area contributed by atoms with Gasteiger partial charge in [-0.25, -0.2) is 0 Å². The number of aromatic nitrogens is 1. The quantitative estimate of drug-likeness (QED) is 0.0908. The van der Waals surface area contributed by atoms with Crippen molar-refractivity contribution in [1.29, 1.82) is 0 Å². The standard InChI is InChI=1S/C48H54N6O6/c55-42(20-14-35-10-8-26-49-33-35)50-27-5-4-9-34-22-31-53(32-23-34)46(58)39-17-15-36(16-18-39)37-24-29-52(30-25-37)28-6-2-1-3-11-38-12-7-13-40-44(38)48(60)54(47(40)59)41-19-21-43(56)51-45(41)57/h7-8,10,12-18,20,26,33-34,37,41H,1-2,4-6,9,19,21-25,27-32H2,(H,50,55)(H,51,56,57)/b20-14+. The van der Waals surface area contributed by atoms with Gasteiger partial charge in [0.1, 0.15) is 6.04 Å². The number of rotatable bonds is 14. The lowest BCUT2D eigenvalue weighted by Gasteiger charge is -2.33. The van der Waals surface area contributed by atoms with Gasteiger partial charge in [-0.1, -0.05) is 48.9 Å². The first kappa shape index (κ1) is 42.2. The molecule has 60 heavy (non-hydrogen) atoms. The summed E-state index contributed by atoms with van der Waals surface area (Å²) < 4.78 is 0. The van der Waals surface area contributed by atoms with Crippen molar-refractivity contribution in [2.24, 2.45) is 5.92 Å². The number of unbranched alkanes of at least 4 members (excludes halogenated alkanes) is 3. The number of hydrogen-bond acceptors (Lipinski definition) is 8. The normalized spacial score (nSPS) is 19.0. The zero-order valence-corrected chi connectivity index (χ0v) is 34.2. The monoisotopic (exact) mass is 810 g/mol. The minimum absolute atomic E-state index is 0.0782. The molecule has 4 aliphatic heterocycles. The van der Waals surface area contributed by atoms with Crippen LogP contribution < -0.4 is 10.6 Å². The van der Waals surface area contributed by atoms with E-state index in [1.807, 2.05) is 29.2 Å². The Bertz CT molecular complexity index is 2140. The summed E-state index contributed by atoms with van der Waals surface area (Å²) in [6, 6.07) is 16.1. The van der Waals surface area contributed by atoms with Gasteiger partial charge in [-0.05, 0) is 130 Å². The Morgan fingerprint density at radius 3 is 2.40 bits per heavy atom. The first-order valence-electron chi connectivity index (χ1n) is 21.6. The summed E-state index contributed by atoms with van der Waals surface area (Å²) >= 11 is 0. The van der Waals surface area contributed by atoms with Crippen molar-refractivity contribution in [2.75, 3.05) is 39.3 Å². The molecule has 4 aliphatic rings. The van der Waals surface area contributed by atoms with E-state index in [2.05, 4.69) is 44.5 Å². The van der Waals surface area contributed by atoms with Gasteiger partial charge < -0.3 is 15.1 Å². The van der Waals surface area contributed by atoms with Gasteiger partial charge in [-0.3, -0.25) is 44.0 Å². The van der Waals surface area contributed by atoms with Gasteiger partial charge in [0.05, 0.1) is 11.1 Å². The zero-order valence-electron chi connectivity index (χ0n) is 34.2. The molecule has 0 bridgehead atoms. The molecule has 2 aromatic carbocycles. The van der Waals surface area contributed by atoms with Crippen molar-refractivity contribution in [3.05, 3.63) is 106 Å². The smallest absolute Gasteiger partial charge is 0.263 e. The van der Waals surface area contributed by atoms with Crippen LogP contribution in [0.25, 0.3) is 6.08 Å². The number of carbonyl (C=O) groups excluding carboxylic acids is 6. The van der Waals surface area contributed by atoms with E-state index in [4.69, 9.17) is 0 Å². The van der Waals surface area contributed by atoms with Gasteiger partial charge in [0, 0.05) is 62.1 Å². The average Bonchev–Trinajstić information content (AvgIpc) is 3.53. The number of hydrogen-bond donors (Lipinski definition) is 2. The van der Waals surface area contributed by atoms with Crippen molar-refractivity contribution < 1.29 is 28.8 Å². The van der Waals surface area contributed by atoms with Crippen molar-refractivity contribution in [1.82, 2.24) is 30.3 Å². The number of benzene rings is 2. The van der Waals surface area contributed by atoms with Crippen LogP contribution in [0.3, 0.4) is 0 Å². The molecule has 3 fully saturated rings. The molecule has 1 atom stereocenters. The van der Waals surface area contributed by atoms with Gasteiger partial charge in [-0.2, -0.15) is 0 Å². The molecule has 7 rings (SSSR count). The summed E-state index contributed by atoms with van der Waals surface area (Å²) in [4.78, 5) is 85.4. The fourth-order valence-corrected chi connectivity index (χ4v) is 8.80. The third kappa shape index (κ3) is 10.6. The van der Waals surface area contributed by atoms with E-state index >= 15 is 0 Å². The molecular formula is C48H54N6O6. The molecule has 1 unspecified atom stereocenters. The van der Waals surface area contributed by atoms with Crippen LogP contribution in [0.5, 0.6) is 0 Å². The van der Waals surface area contributed by atoms with Crippen LogP contribution >= 0.6 is 0 Å². The molecule has 0 spiro atoms. The van der Waals surface area contributed by atoms with E-state index in [-0.39, 0.29) is 35.8 Å². The number of pyridine rings is 1. The predicted molar refractivity (Wildman–Crippen MR) is 227 cm³/mol. The number of piperidine rings is 3. The highest BCUT2D eigenvalue weighted by Crippen LogP contribution is 2.31. The minimum Gasteiger partial charge on any atom is -0.353 e. The molecule has 12 nitrogen and oxygen atoms in total. The second kappa shape index (κ2) is 20.4. The van der Waals surface area contributed by atoms with Crippen molar-refractivity contribution >= 4 is 41.5 Å². The Kier molecular flexibility index (Phi) is 14.3. The van der Waals surface area contributed by atoms with Gasteiger partial charge in [0.2, 0.25) is 17.7 Å². The molecule has 312 valence electrons. The summed E-state index contributed by atoms with van der Waals surface area (Å²) in [6.07, 6.45) is 16.9. The summed E-state index contributed by atoms with van der Waals surface area (Å²) in [7, 11) is 0. The van der Waals surface area contributed by atoms with E-state index in [9.17, 15) is 28.8 Å². The van der Waals surface area contributed by atoms with Crippen LogP contribution in [0.1, 0.15) is 131 Å². The summed E-state index contributed by atoms with van der Waals surface area (Å²) in [5.41, 5.74) is 3.91. The van der Waals surface area contributed by atoms with Gasteiger partial charge in [0.25, 0.3) is 17.7 Å².